The van der Waals surface area contributed by atoms with Crippen LogP contribution in [-0.2, 0) is 11.3 Å². The van der Waals surface area contributed by atoms with E-state index in [2.05, 4.69) is 10.3 Å². The molecule has 2 aromatic heterocycles. The molecule has 3 heterocycles. The Labute approximate surface area is 148 Å². The number of carbonyl (C=O) groups excluding carboxylic acids is 2. The molecule has 1 aliphatic heterocycles. The molecule has 1 unspecified atom stereocenters. The van der Waals surface area contributed by atoms with Gasteiger partial charge < -0.3 is 14.6 Å². The second-order valence-electron chi connectivity index (χ2n) is 5.46. The number of hydrogen-bond acceptors (Lipinski definition) is 4. The molecule has 3 rings (SSSR count). The minimum Gasteiger partial charge on any atom is -0.467 e. The summed E-state index contributed by atoms with van der Waals surface area (Å²) < 4.78 is 5.18. The van der Waals surface area contributed by atoms with Crippen molar-refractivity contribution in [1.29, 1.82) is 0 Å². The van der Waals surface area contributed by atoms with Gasteiger partial charge in [0.1, 0.15) is 22.1 Å². The summed E-state index contributed by atoms with van der Waals surface area (Å²) in [6.07, 6.45) is 2.92. The van der Waals surface area contributed by atoms with Crippen LogP contribution in [-0.4, -0.2) is 34.3 Å². The maximum absolute atomic E-state index is 12.7. The lowest BCUT2D eigenvalue weighted by Crippen LogP contribution is -2.45. The van der Waals surface area contributed by atoms with Gasteiger partial charge in [-0.1, -0.05) is 23.2 Å². The van der Waals surface area contributed by atoms with Gasteiger partial charge in [-0.3, -0.25) is 9.59 Å². The zero-order valence-corrected chi connectivity index (χ0v) is 14.2. The number of pyridine rings is 1. The molecular formula is C16H15Cl2N3O3. The van der Waals surface area contributed by atoms with E-state index in [-0.39, 0.29) is 28.7 Å². The number of rotatable bonds is 4. The van der Waals surface area contributed by atoms with Crippen molar-refractivity contribution in [1.82, 2.24) is 15.2 Å². The van der Waals surface area contributed by atoms with E-state index in [0.29, 0.717) is 24.3 Å². The second-order valence-corrected chi connectivity index (χ2v) is 6.23. The number of nitrogens with zero attached hydrogens (tertiary/aromatic N) is 2. The quantitative estimate of drug-likeness (QED) is 0.842. The van der Waals surface area contributed by atoms with Crippen LogP contribution in [0.4, 0.5) is 0 Å². The highest BCUT2D eigenvalue weighted by molar-refractivity contribution is 6.33. The maximum Gasteiger partial charge on any atom is 0.254 e. The zero-order chi connectivity index (χ0) is 17.1. The van der Waals surface area contributed by atoms with E-state index in [0.717, 1.165) is 6.42 Å². The van der Waals surface area contributed by atoms with Crippen molar-refractivity contribution in [3.8, 4) is 0 Å². The van der Waals surface area contributed by atoms with Crippen LogP contribution < -0.4 is 5.32 Å². The van der Waals surface area contributed by atoms with Gasteiger partial charge >= 0.3 is 0 Å². The zero-order valence-electron chi connectivity index (χ0n) is 12.7. The fourth-order valence-electron chi connectivity index (χ4n) is 2.74. The van der Waals surface area contributed by atoms with Crippen LogP contribution in [0, 0.1) is 0 Å². The molecule has 0 saturated carbocycles. The number of amides is 2. The lowest BCUT2D eigenvalue weighted by atomic mass is 10.1. The lowest BCUT2D eigenvalue weighted by Gasteiger charge is -2.24. The summed E-state index contributed by atoms with van der Waals surface area (Å²) >= 11 is 11.7. The first-order chi connectivity index (χ1) is 11.5. The van der Waals surface area contributed by atoms with Gasteiger partial charge in [-0.05, 0) is 37.1 Å². The third kappa shape index (κ3) is 3.71. The van der Waals surface area contributed by atoms with Gasteiger partial charge in [0.2, 0.25) is 5.91 Å². The van der Waals surface area contributed by atoms with E-state index in [9.17, 15) is 9.59 Å². The number of aromatic nitrogens is 1. The van der Waals surface area contributed by atoms with Gasteiger partial charge in [0.25, 0.3) is 5.91 Å². The Morgan fingerprint density at radius 1 is 1.33 bits per heavy atom. The minimum atomic E-state index is -0.516. The third-order valence-electron chi connectivity index (χ3n) is 3.84. The van der Waals surface area contributed by atoms with Crippen molar-refractivity contribution < 1.29 is 14.0 Å². The highest BCUT2D eigenvalue weighted by atomic mass is 35.5. The van der Waals surface area contributed by atoms with Crippen LogP contribution in [0.3, 0.4) is 0 Å². The summed E-state index contributed by atoms with van der Waals surface area (Å²) in [5.74, 6) is 0.173. The number of carbonyl (C=O) groups is 2. The van der Waals surface area contributed by atoms with Crippen LogP contribution in [0.2, 0.25) is 10.3 Å². The van der Waals surface area contributed by atoms with E-state index in [1.54, 1.807) is 23.3 Å². The van der Waals surface area contributed by atoms with Crippen molar-refractivity contribution in [3.63, 3.8) is 0 Å². The maximum atomic E-state index is 12.7. The largest absolute Gasteiger partial charge is 0.467 e. The average Bonchev–Trinajstić information content (AvgIpc) is 3.22. The molecule has 8 heteroatoms. The molecule has 0 spiro atoms. The molecule has 2 aromatic rings. The van der Waals surface area contributed by atoms with Gasteiger partial charge in [-0.2, -0.15) is 0 Å². The molecule has 1 N–H and O–H groups in total. The van der Waals surface area contributed by atoms with Gasteiger partial charge in [-0.15, -0.1) is 0 Å². The van der Waals surface area contributed by atoms with Crippen molar-refractivity contribution in [2.45, 2.75) is 25.4 Å². The first-order valence-corrected chi connectivity index (χ1v) is 8.24. The second kappa shape index (κ2) is 7.23. The van der Waals surface area contributed by atoms with Crippen molar-refractivity contribution in [2.75, 3.05) is 6.54 Å². The predicted molar refractivity (Wildman–Crippen MR) is 88.9 cm³/mol. The molecule has 1 aliphatic rings. The Kier molecular flexibility index (Phi) is 5.06. The number of furan rings is 1. The summed E-state index contributed by atoms with van der Waals surface area (Å²) in [4.78, 5) is 30.5. The SMILES string of the molecule is O=C(NCc1ccco1)C1CCCN1C(=O)c1cc(Cl)nc(Cl)c1. The fourth-order valence-corrected chi connectivity index (χ4v) is 3.20. The first-order valence-electron chi connectivity index (χ1n) is 7.49. The van der Waals surface area contributed by atoms with E-state index in [1.807, 2.05) is 0 Å². The minimum absolute atomic E-state index is 0.142. The van der Waals surface area contributed by atoms with Gasteiger partial charge in [0.05, 0.1) is 12.8 Å². The molecular weight excluding hydrogens is 353 g/mol. The van der Waals surface area contributed by atoms with Crippen molar-refractivity contribution in [3.05, 3.63) is 52.2 Å². The predicted octanol–water partition coefficient (Wildman–Crippen LogP) is 2.90. The molecule has 126 valence electrons. The Hall–Kier alpha value is -2.05. The number of likely N-dealkylation sites (tertiary alicyclic amines) is 1. The normalized spacial score (nSPS) is 17.1. The number of halogens is 2. The number of nitrogens with one attached hydrogen (secondary N) is 1. The van der Waals surface area contributed by atoms with Gasteiger partial charge in [0.15, 0.2) is 0 Å². The van der Waals surface area contributed by atoms with Gasteiger partial charge in [-0.25, -0.2) is 4.98 Å². The van der Waals surface area contributed by atoms with Crippen LogP contribution in [0.5, 0.6) is 0 Å². The topological polar surface area (TPSA) is 75.4 Å². The number of hydrogen-bond donors (Lipinski definition) is 1. The monoisotopic (exact) mass is 367 g/mol. The molecule has 24 heavy (non-hydrogen) atoms. The molecule has 1 atom stereocenters. The van der Waals surface area contributed by atoms with Crippen LogP contribution in [0.15, 0.2) is 34.9 Å². The molecule has 1 fully saturated rings. The van der Waals surface area contributed by atoms with E-state index in [1.165, 1.54) is 12.1 Å². The summed E-state index contributed by atoms with van der Waals surface area (Å²) in [6.45, 7) is 0.798. The summed E-state index contributed by atoms with van der Waals surface area (Å²) in [7, 11) is 0. The summed E-state index contributed by atoms with van der Waals surface area (Å²) in [5, 5.41) is 3.08. The van der Waals surface area contributed by atoms with Crippen LogP contribution in [0.1, 0.15) is 29.0 Å². The average molecular weight is 368 g/mol. The lowest BCUT2D eigenvalue weighted by molar-refractivity contribution is -0.125. The van der Waals surface area contributed by atoms with E-state index < -0.39 is 6.04 Å². The van der Waals surface area contributed by atoms with E-state index in [4.69, 9.17) is 27.6 Å². The molecule has 6 nitrogen and oxygen atoms in total. The Morgan fingerprint density at radius 2 is 2.08 bits per heavy atom. The molecule has 0 bridgehead atoms. The van der Waals surface area contributed by atoms with E-state index >= 15 is 0 Å². The third-order valence-corrected chi connectivity index (χ3v) is 4.23. The highest BCUT2D eigenvalue weighted by Crippen LogP contribution is 2.23. The fraction of sp³-hybridized carbons (Fsp3) is 0.312. The Bertz CT molecular complexity index is 729. The first kappa shape index (κ1) is 16.8. The standard InChI is InChI=1S/C16H15Cl2N3O3/c17-13-7-10(8-14(18)20-13)16(23)21-5-1-4-12(21)15(22)19-9-11-3-2-6-24-11/h2-3,6-8,12H,1,4-5,9H2,(H,19,22). The molecule has 0 radical (unpaired) electrons. The summed E-state index contributed by atoms with van der Waals surface area (Å²) in [6, 6.07) is 5.92. The van der Waals surface area contributed by atoms with Crippen LogP contribution in [0.25, 0.3) is 0 Å². The van der Waals surface area contributed by atoms with Crippen LogP contribution >= 0.6 is 23.2 Å². The molecule has 0 aromatic carbocycles. The Balaban J connectivity index is 1.70. The van der Waals surface area contributed by atoms with Crippen molar-refractivity contribution >= 4 is 35.0 Å². The molecule has 2 amide bonds. The van der Waals surface area contributed by atoms with Crippen molar-refractivity contribution in [2.24, 2.45) is 0 Å². The van der Waals surface area contributed by atoms with Gasteiger partial charge in [0, 0.05) is 12.1 Å². The smallest absolute Gasteiger partial charge is 0.254 e. The Morgan fingerprint density at radius 3 is 2.75 bits per heavy atom. The molecule has 1 saturated heterocycles. The molecule has 0 aliphatic carbocycles. The highest BCUT2D eigenvalue weighted by Gasteiger charge is 2.34. The summed E-state index contributed by atoms with van der Waals surface area (Å²) in [5.41, 5.74) is 0.325.